The number of alkyl halides is 3. The van der Waals surface area contributed by atoms with Crippen molar-refractivity contribution in [3.8, 4) is 0 Å². The Morgan fingerprint density at radius 3 is 2.36 bits per heavy atom. The molecule has 1 saturated heterocycles. The summed E-state index contributed by atoms with van der Waals surface area (Å²) in [4.78, 5) is 57.4. The number of rotatable bonds is 11. The Morgan fingerprint density at radius 2 is 1.75 bits per heavy atom. The molecule has 0 radical (unpaired) electrons. The SMILES string of the molecule is CCC1CC1(NC(=O)C1CC(OC(=O)N2Cc3cccc(F)c3C2)CN1C(=O)C(Nc1ccc(F)c(C(F)(F)F)c1)C(C)C)C(=O)NS(=O)(=O)C1CC1. The maximum Gasteiger partial charge on any atom is 0.419 e. The van der Waals surface area contributed by atoms with Crippen molar-refractivity contribution < 1.29 is 54.3 Å². The van der Waals surface area contributed by atoms with E-state index < -0.39 is 98.0 Å². The lowest BCUT2D eigenvalue weighted by Crippen LogP contribution is -2.58. The first kappa shape index (κ1) is 38.3. The molecule has 2 aliphatic carbocycles. The first-order chi connectivity index (χ1) is 24.8. The molecule has 18 heteroatoms. The van der Waals surface area contributed by atoms with Gasteiger partial charge in [0.15, 0.2) is 0 Å². The summed E-state index contributed by atoms with van der Waals surface area (Å²) in [6, 6.07) is 4.02. The molecule has 2 aliphatic heterocycles. The van der Waals surface area contributed by atoms with Crippen molar-refractivity contribution in [3.05, 3.63) is 64.7 Å². The summed E-state index contributed by atoms with van der Waals surface area (Å²) in [6.45, 7) is 4.63. The number of amides is 4. The molecule has 12 nitrogen and oxygen atoms in total. The van der Waals surface area contributed by atoms with E-state index in [0.717, 1.165) is 11.0 Å². The highest BCUT2D eigenvalue weighted by Crippen LogP contribution is 2.47. The van der Waals surface area contributed by atoms with E-state index in [9.17, 15) is 49.5 Å². The van der Waals surface area contributed by atoms with Crippen LogP contribution in [0.1, 0.15) is 69.6 Å². The number of sulfonamides is 1. The Bertz CT molecular complexity index is 1920. The minimum atomic E-state index is -5.02. The Balaban J connectivity index is 1.24. The molecule has 3 N–H and O–H groups in total. The zero-order valence-corrected chi connectivity index (χ0v) is 30.0. The fourth-order valence-corrected chi connectivity index (χ4v) is 8.47. The molecule has 288 valence electrons. The molecule has 2 saturated carbocycles. The molecule has 2 aromatic carbocycles. The van der Waals surface area contributed by atoms with E-state index in [1.807, 2.05) is 0 Å². The molecule has 3 fully saturated rings. The Kier molecular flexibility index (Phi) is 10.1. The van der Waals surface area contributed by atoms with Crippen molar-refractivity contribution >= 4 is 39.5 Å². The van der Waals surface area contributed by atoms with Gasteiger partial charge in [-0.3, -0.25) is 24.0 Å². The molecule has 0 bridgehead atoms. The highest BCUT2D eigenvalue weighted by atomic mass is 32.2. The van der Waals surface area contributed by atoms with E-state index in [-0.39, 0.29) is 38.2 Å². The number of fused-ring (bicyclic) bond motifs is 1. The van der Waals surface area contributed by atoms with Crippen molar-refractivity contribution in [2.24, 2.45) is 11.8 Å². The number of carbonyl (C=O) groups is 4. The minimum Gasteiger partial charge on any atom is -0.444 e. The lowest BCUT2D eigenvalue weighted by molar-refractivity contribution is -0.140. The summed E-state index contributed by atoms with van der Waals surface area (Å²) < 4.78 is 102. The van der Waals surface area contributed by atoms with Gasteiger partial charge in [-0.15, -0.1) is 0 Å². The number of carbonyl (C=O) groups excluding carboxylic acids is 4. The Morgan fingerprint density at radius 1 is 1.04 bits per heavy atom. The number of hydrogen-bond donors (Lipinski definition) is 3. The van der Waals surface area contributed by atoms with E-state index in [1.165, 1.54) is 17.0 Å². The average molecular weight is 770 g/mol. The average Bonchev–Trinajstić information content (AvgIpc) is 3.97. The third kappa shape index (κ3) is 7.78. The quantitative estimate of drug-likeness (QED) is 0.284. The van der Waals surface area contributed by atoms with Crippen LogP contribution in [-0.4, -0.2) is 77.6 Å². The smallest absolute Gasteiger partial charge is 0.419 e. The van der Waals surface area contributed by atoms with Crippen LogP contribution in [0, 0.1) is 23.5 Å². The molecule has 4 aliphatic rings. The zero-order chi connectivity index (χ0) is 38.6. The molecule has 0 aromatic heterocycles. The van der Waals surface area contributed by atoms with Crippen LogP contribution >= 0.6 is 0 Å². The van der Waals surface area contributed by atoms with Gasteiger partial charge in [-0.1, -0.05) is 39.3 Å². The van der Waals surface area contributed by atoms with Crippen LogP contribution in [0.25, 0.3) is 0 Å². The van der Waals surface area contributed by atoms with Gasteiger partial charge in [0.1, 0.15) is 35.4 Å². The maximum absolute atomic E-state index is 14.4. The zero-order valence-electron chi connectivity index (χ0n) is 29.1. The van der Waals surface area contributed by atoms with Crippen LogP contribution in [0.2, 0.25) is 0 Å². The third-order valence-electron chi connectivity index (χ3n) is 10.4. The molecule has 5 unspecified atom stereocenters. The van der Waals surface area contributed by atoms with Gasteiger partial charge in [0.2, 0.25) is 21.8 Å². The van der Waals surface area contributed by atoms with Crippen LogP contribution in [0.5, 0.6) is 0 Å². The number of anilines is 1. The number of hydrogen-bond acceptors (Lipinski definition) is 8. The largest absolute Gasteiger partial charge is 0.444 e. The molecule has 4 amide bonds. The van der Waals surface area contributed by atoms with Crippen molar-refractivity contribution in [2.45, 2.75) is 101 Å². The summed E-state index contributed by atoms with van der Waals surface area (Å²) in [7, 11) is -3.96. The number of benzene rings is 2. The molecule has 0 spiro atoms. The number of halogens is 5. The van der Waals surface area contributed by atoms with E-state index >= 15 is 0 Å². The van der Waals surface area contributed by atoms with Crippen LogP contribution in [0.3, 0.4) is 0 Å². The first-order valence-corrected chi connectivity index (χ1v) is 18.9. The van der Waals surface area contributed by atoms with E-state index in [2.05, 4.69) is 15.4 Å². The van der Waals surface area contributed by atoms with E-state index in [4.69, 9.17) is 4.74 Å². The Labute approximate surface area is 302 Å². The van der Waals surface area contributed by atoms with E-state index in [0.29, 0.717) is 42.5 Å². The molecule has 6 rings (SSSR count). The summed E-state index contributed by atoms with van der Waals surface area (Å²) >= 11 is 0. The van der Waals surface area contributed by atoms with Gasteiger partial charge in [-0.25, -0.2) is 22.0 Å². The third-order valence-corrected chi connectivity index (χ3v) is 12.2. The van der Waals surface area contributed by atoms with Gasteiger partial charge < -0.3 is 20.3 Å². The molecular formula is C35H40F5N5O7S. The number of ether oxygens (including phenoxy) is 1. The minimum absolute atomic E-state index is 0.0575. The Hall–Kier alpha value is -4.48. The van der Waals surface area contributed by atoms with Crippen molar-refractivity contribution in [2.75, 3.05) is 11.9 Å². The molecule has 5 atom stereocenters. The van der Waals surface area contributed by atoms with Gasteiger partial charge in [-0.05, 0) is 60.9 Å². The first-order valence-electron chi connectivity index (χ1n) is 17.4. The van der Waals surface area contributed by atoms with Crippen LogP contribution < -0.4 is 15.4 Å². The topological polar surface area (TPSA) is 154 Å². The summed E-state index contributed by atoms with van der Waals surface area (Å²) in [5.41, 5.74) is -2.43. The second kappa shape index (κ2) is 14.1. The number of nitrogens with zero attached hydrogens (tertiary/aromatic N) is 2. The monoisotopic (exact) mass is 769 g/mol. The van der Waals surface area contributed by atoms with E-state index in [1.54, 1.807) is 26.8 Å². The van der Waals surface area contributed by atoms with Crippen molar-refractivity contribution in [1.82, 2.24) is 19.8 Å². The second-order valence-electron chi connectivity index (χ2n) is 14.5. The van der Waals surface area contributed by atoms with Crippen molar-refractivity contribution in [3.63, 3.8) is 0 Å². The van der Waals surface area contributed by atoms with Crippen LogP contribution in [0.15, 0.2) is 36.4 Å². The van der Waals surface area contributed by atoms with Crippen molar-refractivity contribution in [1.29, 1.82) is 0 Å². The van der Waals surface area contributed by atoms with Gasteiger partial charge in [-0.2, -0.15) is 13.2 Å². The fourth-order valence-electron chi connectivity index (χ4n) is 7.10. The lowest BCUT2D eigenvalue weighted by Gasteiger charge is -2.32. The fraction of sp³-hybridized carbons (Fsp3) is 0.543. The normalized spacial score (nSPS) is 24.4. The molecule has 53 heavy (non-hydrogen) atoms. The highest BCUT2D eigenvalue weighted by Gasteiger charge is 2.62. The van der Waals surface area contributed by atoms with Crippen LogP contribution in [-0.2, 0) is 48.4 Å². The summed E-state index contributed by atoms with van der Waals surface area (Å²) in [6.07, 6.45) is -5.82. The maximum atomic E-state index is 14.4. The molecule has 2 aromatic rings. The molecule has 2 heterocycles. The number of nitrogens with one attached hydrogen (secondary N) is 3. The summed E-state index contributed by atoms with van der Waals surface area (Å²) in [5.74, 6) is -5.49. The predicted molar refractivity (Wildman–Crippen MR) is 179 cm³/mol. The summed E-state index contributed by atoms with van der Waals surface area (Å²) in [5, 5.41) is 4.71. The second-order valence-corrected chi connectivity index (χ2v) is 16.4. The van der Waals surface area contributed by atoms with Gasteiger partial charge in [0.25, 0.3) is 5.91 Å². The standard InChI is InChI=1S/C35H40F5N5O7S/c1-4-20-14-34(20,32(48)43-53(50,51)23-9-10-23)42-30(46)28-13-22(52-33(49)44-15-19-6-5-7-26(36)24(19)17-44)16-45(28)31(47)29(18(2)3)41-21-8-11-27(37)25(12-21)35(38,39)40/h5-8,11-12,18,20,22-23,28-29,41H,4,9-10,13-17H2,1-3H3,(H,42,46)(H,43,48). The number of likely N-dealkylation sites (tertiary alicyclic amines) is 1. The lowest BCUT2D eigenvalue weighted by atomic mass is 10.0. The van der Waals surface area contributed by atoms with Gasteiger partial charge in [0, 0.05) is 24.2 Å². The van der Waals surface area contributed by atoms with Crippen LogP contribution in [0.4, 0.5) is 32.4 Å². The molecular weight excluding hydrogens is 729 g/mol. The van der Waals surface area contributed by atoms with Gasteiger partial charge >= 0.3 is 12.3 Å². The highest BCUT2D eigenvalue weighted by molar-refractivity contribution is 7.91. The predicted octanol–water partition coefficient (Wildman–Crippen LogP) is 4.44. The van der Waals surface area contributed by atoms with Gasteiger partial charge in [0.05, 0.1) is 23.9 Å².